The number of carbonyl (C=O) groups is 1. The second-order valence-corrected chi connectivity index (χ2v) is 5.75. The predicted octanol–water partition coefficient (Wildman–Crippen LogP) is -2.50. The third-order valence-electron chi connectivity index (χ3n) is 1.59. The minimum Gasteiger partial charge on any atom is -0.387 e. The van der Waals surface area contributed by atoms with Gasteiger partial charge in [-0.25, -0.2) is 9.09 Å². The Kier molecular flexibility index (Phi) is 7.43. The molecule has 0 aliphatic carbocycles. The molecule has 0 heterocycles. The fourth-order valence-electron chi connectivity index (χ4n) is 0.736. The standard InChI is InChI=1S/C5H12O12P2/c6-3(1-15-18(10,11)12)5(8)4(7)2-16-19(13,14)17-9/h4-5,7-9H,1-2H2,(H3-,10,11,12,13,14)/p+1/t4-,5+/m1/s1. The molecule has 0 saturated carbocycles. The van der Waals surface area contributed by atoms with Crippen molar-refractivity contribution in [2.45, 2.75) is 12.2 Å². The lowest BCUT2D eigenvalue weighted by Crippen LogP contribution is -2.38. The highest BCUT2D eigenvalue weighted by molar-refractivity contribution is 7.46. The van der Waals surface area contributed by atoms with Crippen LogP contribution < -0.4 is 0 Å². The Morgan fingerprint density at radius 2 is 1.68 bits per heavy atom. The number of hydrogen-bond donors (Lipinski definition) is 7. The van der Waals surface area contributed by atoms with E-state index in [1.165, 1.54) is 0 Å². The van der Waals surface area contributed by atoms with E-state index in [0.29, 0.717) is 0 Å². The van der Waals surface area contributed by atoms with Crippen molar-refractivity contribution < 1.29 is 57.8 Å². The largest absolute Gasteiger partial charge is 0.720 e. The van der Waals surface area contributed by atoms with Gasteiger partial charge in [0.1, 0.15) is 18.8 Å². The lowest BCUT2D eigenvalue weighted by atomic mass is 10.1. The summed E-state index contributed by atoms with van der Waals surface area (Å²) >= 11 is 0. The number of Topliss-reactive ketones (excluding diaryl/α,β-unsaturated/α-hetero) is 1. The molecule has 0 aliphatic rings. The van der Waals surface area contributed by atoms with Gasteiger partial charge in [-0.15, -0.1) is 0 Å². The number of phosphoric ester groups is 1. The van der Waals surface area contributed by atoms with Gasteiger partial charge in [-0.3, -0.25) is 19.1 Å². The molecular formula is C5H13O12P2+. The number of rotatable bonds is 8. The lowest BCUT2D eigenvalue weighted by molar-refractivity contribution is -0.309. The maximum atomic E-state index is 11.1. The van der Waals surface area contributed by atoms with Crippen LogP contribution >= 0.6 is 15.6 Å². The van der Waals surface area contributed by atoms with Gasteiger partial charge >= 0.3 is 15.6 Å². The molecule has 12 nitrogen and oxygen atoms in total. The van der Waals surface area contributed by atoms with Crippen molar-refractivity contribution in [2.24, 2.45) is 0 Å². The topological polar surface area (TPSA) is 206 Å². The zero-order valence-electron chi connectivity index (χ0n) is 9.14. The summed E-state index contributed by atoms with van der Waals surface area (Å²) < 4.78 is 21.2. The molecule has 2 atom stereocenters. The van der Waals surface area contributed by atoms with E-state index in [1.807, 2.05) is 0 Å². The summed E-state index contributed by atoms with van der Waals surface area (Å²) in [4.78, 5) is 45.0. The van der Waals surface area contributed by atoms with E-state index < -0.39 is 46.9 Å². The van der Waals surface area contributed by atoms with Crippen LogP contribution in [-0.2, 0) is 22.8 Å². The zero-order valence-corrected chi connectivity index (χ0v) is 10.9. The van der Waals surface area contributed by atoms with E-state index in [9.17, 15) is 19.6 Å². The van der Waals surface area contributed by atoms with E-state index in [-0.39, 0.29) is 0 Å². The molecule has 0 rings (SSSR count). The molecule has 19 heavy (non-hydrogen) atoms. The molecule has 0 bridgehead atoms. The fraction of sp³-hybridized carbons (Fsp3) is 0.800. The van der Waals surface area contributed by atoms with Crippen LogP contribution in [0.5, 0.6) is 0 Å². The average Bonchev–Trinajstić information content (AvgIpc) is 2.31. The van der Waals surface area contributed by atoms with Gasteiger partial charge in [-0.1, -0.05) is 0 Å². The quantitative estimate of drug-likeness (QED) is 0.107. The Morgan fingerprint density at radius 1 is 1.16 bits per heavy atom. The summed E-state index contributed by atoms with van der Waals surface area (Å²) in [5.41, 5.74) is 0. The third-order valence-corrected chi connectivity index (χ3v) is 2.75. The molecule has 0 aromatic carbocycles. The smallest absolute Gasteiger partial charge is 0.387 e. The summed E-state index contributed by atoms with van der Waals surface area (Å²) in [5.74, 6) is -1.29. The van der Waals surface area contributed by atoms with Gasteiger partial charge in [0.25, 0.3) is 0 Å². The van der Waals surface area contributed by atoms with Crippen molar-refractivity contribution >= 4 is 21.4 Å². The lowest BCUT2D eigenvalue weighted by Gasteiger charge is -2.15. The first kappa shape index (κ1) is 18.8. The zero-order chi connectivity index (χ0) is 15.3. The summed E-state index contributed by atoms with van der Waals surface area (Å²) in [6.45, 7) is -2.19. The molecule has 0 unspecified atom stereocenters. The van der Waals surface area contributed by atoms with Gasteiger partial charge in [-0.2, -0.15) is 0 Å². The van der Waals surface area contributed by atoms with Crippen LogP contribution in [0.3, 0.4) is 0 Å². The molecule has 0 radical (unpaired) electrons. The molecule has 0 aliphatic heterocycles. The Labute approximate surface area is 105 Å². The van der Waals surface area contributed by atoms with Crippen LogP contribution in [0.25, 0.3) is 0 Å². The second kappa shape index (κ2) is 7.53. The SMILES string of the molecule is O=C(COP(=O)(O)O)[C@H](O)[C@H](O)COP(O)(O)=[O+]O. The molecular weight excluding hydrogens is 314 g/mol. The number of carbonyl (C=O) groups excluding carboxylic acids is 1. The molecule has 0 fully saturated rings. The minimum absolute atomic E-state index is 1.01. The van der Waals surface area contributed by atoms with Gasteiger partial charge in [0.15, 0.2) is 5.78 Å². The molecule has 7 N–H and O–H groups in total. The molecule has 0 aromatic heterocycles. The number of ketones is 1. The summed E-state index contributed by atoms with van der Waals surface area (Å²) in [7, 11) is -9.48. The Morgan fingerprint density at radius 3 is 2.11 bits per heavy atom. The molecule has 0 amide bonds. The van der Waals surface area contributed by atoms with Gasteiger partial charge < -0.3 is 20.0 Å². The highest BCUT2D eigenvalue weighted by atomic mass is 31.2. The van der Waals surface area contributed by atoms with Crippen LogP contribution in [0.4, 0.5) is 0 Å². The maximum absolute atomic E-state index is 11.1. The van der Waals surface area contributed by atoms with Crippen LogP contribution in [-0.4, -0.2) is 66.2 Å². The van der Waals surface area contributed by atoms with E-state index in [4.69, 9.17) is 24.8 Å². The fourth-order valence-corrected chi connectivity index (χ4v) is 1.43. The maximum Gasteiger partial charge on any atom is 0.720 e. The van der Waals surface area contributed by atoms with Crippen molar-refractivity contribution in [1.29, 1.82) is 0 Å². The summed E-state index contributed by atoms with van der Waals surface area (Å²) in [6, 6.07) is 0. The van der Waals surface area contributed by atoms with Gasteiger partial charge in [-0.05, 0) is 0 Å². The van der Waals surface area contributed by atoms with Crippen molar-refractivity contribution in [3.63, 3.8) is 0 Å². The van der Waals surface area contributed by atoms with Crippen molar-refractivity contribution in [2.75, 3.05) is 13.2 Å². The van der Waals surface area contributed by atoms with Crippen molar-refractivity contribution in [3.8, 4) is 0 Å². The van der Waals surface area contributed by atoms with Crippen molar-refractivity contribution in [1.82, 2.24) is 0 Å². The second-order valence-electron chi connectivity index (χ2n) is 3.11. The predicted molar refractivity (Wildman–Crippen MR) is 55.6 cm³/mol. The third kappa shape index (κ3) is 8.52. The Balaban J connectivity index is 4.30. The summed E-state index contributed by atoms with van der Waals surface area (Å²) in [5, 5.41) is 26.3. The molecule has 0 saturated heterocycles. The first-order valence-electron chi connectivity index (χ1n) is 4.39. The average molecular weight is 327 g/mol. The number of hydrogen-bond acceptors (Lipinski definition) is 6. The molecule has 114 valence electrons. The van der Waals surface area contributed by atoms with Gasteiger partial charge in [0, 0.05) is 9.60 Å². The number of aliphatic hydroxyl groups is 2. The van der Waals surface area contributed by atoms with Gasteiger partial charge in [0.2, 0.25) is 0 Å². The molecule has 14 heteroatoms. The minimum atomic E-state index is -4.91. The van der Waals surface area contributed by atoms with Crippen LogP contribution in [0.15, 0.2) is 0 Å². The number of aliphatic hydroxyl groups excluding tert-OH is 2. The first-order chi connectivity index (χ1) is 8.48. The monoisotopic (exact) mass is 327 g/mol. The van der Waals surface area contributed by atoms with Crippen LogP contribution in [0, 0.1) is 0 Å². The van der Waals surface area contributed by atoms with E-state index in [2.05, 4.69) is 13.4 Å². The van der Waals surface area contributed by atoms with Crippen LogP contribution in [0.2, 0.25) is 0 Å². The summed E-state index contributed by atoms with van der Waals surface area (Å²) in [6.07, 6.45) is -4.13. The first-order valence-corrected chi connectivity index (χ1v) is 7.46. The van der Waals surface area contributed by atoms with Gasteiger partial charge in [0.05, 0.1) is 6.61 Å². The number of phosphoric acid groups is 1. The Hall–Kier alpha value is -0.230. The van der Waals surface area contributed by atoms with E-state index >= 15 is 0 Å². The van der Waals surface area contributed by atoms with E-state index in [0.717, 1.165) is 0 Å². The normalized spacial score (nSPS) is 15.9. The highest BCUT2D eigenvalue weighted by Gasteiger charge is 2.35. The van der Waals surface area contributed by atoms with Crippen LogP contribution in [0.1, 0.15) is 0 Å². The van der Waals surface area contributed by atoms with E-state index in [1.54, 1.807) is 0 Å². The van der Waals surface area contributed by atoms with Crippen molar-refractivity contribution in [3.05, 3.63) is 0 Å². The molecule has 0 aromatic rings. The molecule has 0 spiro atoms. The highest BCUT2D eigenvalue weighted by Crippen LogP contribution is 2.38. The Bertz CT molecular complexity index is 393.